The summed E-state index contributed by atoms with van der Waals surface area (Å²) in [4.78, 5) is 36.4. The monoisotopic (exact) mass is 450 g/mol. The van der Waals surface area contributed by atoms with E-state index in [0.29, 0.717) is 24.0 Å². The predicted molar refractivity (Wildman–Crippen MR) is 117 cm³/mol. The van der Waals surface area contributed by atoms with Gasteiger partial charge in [0.2, 0.25) is 0 Å². The van der Waals surface area contributed by atoms with Gasteiger partial charge in [0.25, 0.3) is 0 Å². The minimum Gasteiger partial charge on any atom is -0.341 e. The summed E-state index contributed by atoms with van der Waals surface area (Å²) in [6.07, 6.45) is 3.99. The van der Waals surface area contributed by atoms with Gasteiger partial charge in [-0.2, -0.15) is 0 Å². The first-order chi connectivity index (χ1) is 16.2. The van der Waals surface area contributed by atoms with Gasteiger partial charge in [-0.15, -0.1) is 0 Å². The molecule has 5 rings (SSSR count). The second-order valence-electron chi connectivity index (χ2n) is 7.50. The first-order valence-electron chi connectivity index (χ1n) is 10.5. The molecule has 5 atom stereocenters. The molecule has 0 saturated carbocycles. The first kappa shape index (κ1) is 21.2. The molecule has 2 aliphatic heterocycles. The van der Waals surface area contributed by atoms with Crippen LogP contribution >= 0.6 is 0 Å². The van der Waals surface area contributed by atoms with E-state index < -0.39 is 36.9 Å². The zero-order valence-corrected chi connectivity index (χ0v) is 17.7. The molecule has 1 aromatic carbocycles. The molecular weight excluding hydrogens is 428 g/mol. The summed E-state index contributed by atoms with van der Waals surface area (Å²) in [7, 11) is 0. The van der Waals surface area contributed by atoms with Crippen LogP contribution in [0.3, 0.4) is 0 Å². The Bertz CT molecular complexity index is 1180. The number of aromatic nitrogens is 4. The van der Waals surface area contributed by atoms with Gasteiger partial charge in [-0.25, -0.2) is 19.7 Å². The van der Waals surface area contributed by atoms with Crippen molar-refractivity contribution in [1.82, 2.24) is 24.8 Å². The molecule has 11 nitrogen and oxygen atoms in total. The summed E-state index contributed by atoms with van der Waals surface area (Å²) < 4.78 is 19.6. The Balaban J connectivity index is 1.40. The SMILES string of the molecule is CCNC(=O)Nc1ncnc2c1ncn2[C@@H]1O[C@H](C=O)[C@@H]2O[C@H](/C=C/c3ccccc3)OC21. The van der Waals surface area contributed by atoms with Crippen LogP contribution in [0.2, 0.25) is 0 Å². The Morgan fingerprint density at radius 3 is 2.73 bits per heavy atom. The summed E-state index contributed by atoms with van der Waals surface area (Å²) in [6.45, 7) is 2.28. The third-order valence-electron chi connectivity index (χ3n) is 5.39. The Morgan fingerprint density at radius 2 is 1.94 bits per heavy atom. The van der Waals surface area contributed by atoms with E-state index in [-0.39, 0.29) is 5.82 Å². The minimum atomic E-state index is -0.803. The van der Waals surface area contributed by atoms with Crippen LogP contribution in [0.25, 0.3) is 17.2 Å². The fourth-order valence-corrected chi connectivity index (χ4v) is 3.93. The number of imidazole rings is 1. The fourth-order valence-electron chi connectivity index (χ4n) is 3.93. The lowest BCUT2D eigenvalue weighted by Gasteiger charge is -2.19. The molecule has 33 heavy (non-hydrogen) atoms. The predicted octanol–water partition coefficient (Wildman–Crippen LogP) is 1.89. The highest BCUT2D eigenvalue weighted by Gasteiger charge is 2.53. The minimum absolute atomic E-state index is 0.262. The molecule has 4 heterocycles. The normalized spacial score (nSPS) is 26.5. The molecule has 0 bridgehead atoms. The number of benzene rings is 1. The van der Waals surface area contributed by atoms with Gasteiger partial charge in [-0.05, 0) is 18.6 Å². The lowest BCUT2D eigenvalue weighted by Crippen LogP contribution is -2.29. The molecule has 2 saturated heterocycles. The van der Waals surface area contributed by atoms with E-state index in [0.717, 1.165) is 5.56 Å². The largest absolute Gasteiger partial charge is 0.341 e. The number of aldehydes is 1. The van der Waals surface area contributed by atoms with Crippen molar-refractivity contribution in [2.24, 2.45) is 0 Å². The van der Waals surface area contributed by atoms with E-state index in [1.165, 1.54) is 12.7 Å². The molecule has 1 unspecified atom stereocenters. The van der Waals surface area contributed by atoms with Crippen molar-refractivity contribution in [1.29, 1.82) is 0 Å². The number of ether oxygens (including phenoxy) is 3. The number of anilines is 1. The van der Waals surface area contributed by atoms with Gasteiger partial charge in [-0.3, -0.25) is 9.88 Å². The molecule has 3 aromatic rings. The topological polar surface area (TPSA) is 129 Å². The summed E-state index contributed by atoms with van der Waals surface area (Å²) in [5.74, 6) is 0.262. The standard InChI is InChI=1S/C22H22N6O5/c1-2-23-22(30)27-19-16-20(25-11-24-19)28(12-26-16)21-18-17(14(10-29)31-21)32-15(33-18)9-8-13-6-4-3-5-7-13/h3-12,14-15,17-18,21H,2H2,1H3,(H2,23,24,25,27,30)/b9-8+/t14-,15+,17+,18?,21-/m1/s1. The van der Waals surface area contributed by atoms with Crippen LogP contribution < -0.4 is 10.6 Å². The molecule has 2 aliphatic rings. The molecule has 0 spiro atoms. The Labute approximate surface area is 188 Å². The van der Waals surface area contributed by atoms with Gasteiger partial charge < -0.3 is 24.3 Å². The van der Waals surface area contributed by atoms with Crippen LogP contribution in [-0.4, -0.2) is 63.0 Å². The number of rotatable bonds is 6. The number of amides is 2. The molecule has 2 aromatic heterocycles. The van der Waals surface area contributed by atoms with Crippen molar-refractivity contribution < 1.29 is 23.8 Å². The number of carbonyl (C=O) groups excluding carboxylic acids is 2. The Kier molecular flexibility index (Phi) is 5.82. The van der Waals surface area contributed by atoms with Crippen LogP contribution in [-0.2, 0) is 19.0 Å². The number of nitrogens with one attached hydrogen (secondary N) is 2. The van der Waals surface area contributed by atoms with E-state index in [9.17, 15) is 9.59 Å². The third kappa shape index (κ3) is 4.09. The number of carbonyl (C=O) groups is 2. The van der Waals surface area contributed by atoms with Crippen molar-refractivity contribution in [3.63, 3.8) is 0 Å². The van der Waals surface area contributed by atoms with Gasteiger partial charge >= 0.3 is 6.03 Å². The average molecular weight is 450 g/mol. The molecule has 0 radical (unpaired) electrons. The molecule has 2 amide bonds. The lowest BCUT2D eigenvalue weighted by molar-refractivity contribution is -0.140. The number of fused-ring (bicyclic) bond motifs is 2. The van der Waals surface area contributed by atoms with Crippen LogP contribution in [0.5, 0.6) is 0 Å². The second kappa shape index (κ2) is 9.06. The Morgan fingerprint density at radius 1 is 1.12 bits per heavy atom. The highest BCUT2D eigenvalue weighted by molar-refractivity contribution is 5.95. The average Bonchev–Trinajstić information content (AvgIpc) is 3.52. The molecular formula is C22H22N6O5. The van der Waals surface area contributed by atoms with Gasteiger partial charge in [0.15, 0.2) is 35.8 Å². The van der Waals surface area contributed by atoms with E-state index in [4.69, 9.17) is 14.2 Å². The van der Waals surface area contributed by atoms with Gasteiger partial charge in [-0.1, -0.05) is 36.4 Å². The maximum absolute atomic E-state index is 11.9. The first-order valence-corrected chi connectivity index (χ1v) is 10.5. The summed E-state index contributed by atoms with van der Waals surface area (Å²) >= 11 is 0. The summed E-state index contributed by atoms with van der Waals surface area (Å²) in [6, 6.07) is 9.37. The number of hydrogen-bond acceptors (Lipinski definition) is 8. The highest BCUT2D eigenvalue weighted by atomic mass is 16.8. The van der Waals surface area contributed by atoms with Crippen LogP contribution in [0.4, 0.5) is 10.6 Å². The van der Waals surface area contributed by atoms with E-state index in [1.54, 1.807) is 10.6 Å². The number of urea groups is 1. The Hall–Kier alpha value is -3.67. The smallest absolute Gasteiger partial charge is 0.320 e. The fraction of sp³-hybridized carbons (Fsp3) is 0.318. The third-order valence-corrected chi connectivity index (χ3v) is 5.39. The van der Waals surface area contributed by atoms with Crippen molar-refractivity contribution in [2.45, 2.75) is 37.8 Å². The molecule has 170 valence electrons. The van der Waals surface area contributed by atoms with Crippen LogP contribution in [0, 0.1) is 0 Å². The number of nitrogens with zero attached hydrogens (tertiary/aromatic N) is 4. The summed E-state index contributed by atoms with van der Waals surface area (Å²) in [5.41, 5.74) is 1.82. The van der Waals surface area contributed by atoms with E-state index in [1.807, 2.05) is 43.3 Å². The van der Waals surface area contributed by atoms with Gasteiger partial charge in [0.1, 0.15) is 24.6 Å². The molecule has 0 aliphatic carbocycles. The van der Waals surface area contributed by atoms with Gasteiger partial charge in [0.05, 0.1) is 6.33 Å². The highest BCUT2D eigenvalue weighted by Crippen LogP contribution is 2.40. The zero-order valence-electron chi connectivity index (χ0n) is 17.7. The quantitative estimate of drug-likeness (QED) is 0.545. The zero-order chi connectivity index (χ0) is 22.8. The van der Waals surface area contributed by atoms with Crippen molar-refractivity contribution in [3.05, 3.63) is 54.6 Å². The maximum atomic E-state index is 11.9. The maximum Gasteiger partial charge on any atom is 0.320 e. The second-order valence-corrected chi connectivity index (χ2v) is 7.50. The van der Waals surface area contributed by atoms with Crippen LogP contribution in [0.1, 0.15) is 18.7 Å². The van der Waals surface area contributed by atoms with E-state index in [2.05, 4.69) is 25.6 Å². The van der Waals surface area contributed by atoms with Crippen molar-refractivity contribution in [2.75, 3.05) is 11.9 Å². The van der Waals surface area contributed by atoms with Crippen molar-refractivity contribution >= 4 is 35.4 Å². The molecule has 2 N–H and O–H groups in total. The lowest BCUT2D eigenvalue weighted by atomic mass is 10.1. The van der Waals surface area contributed by atoms with Crippen LogP contribution in [0.15, 0.2) is 49.1 Å². The number of hydrogen-bond donors (Lipinski definition) is 2. The van der Waals surface area contributed by atoms with E-state index >= 15 is 0 Å². The molecule has 2 fully saturated rings. The summed E-state index contributed by atoms with van der Waals surface area (Å²) in [5, 5.41) is 5.30. The van der Waals surface area contributed by atoms with Crippen molar-refractivity contribution in [3.8, 4) is 0 Å². The van der Waals surface area contributed by atoms with Gasteiger partial charge in [0, 0.05) is 6.54 Å². The molecule has 11 heteroatoms.